The summed E-state index contributed by atoms with van der Waals surface area (Å²) in [6, 6.07) is 1.87. The zero-order chi connectivity index (χ0) is 11.7. The highest BCUT2D eigenvalue weighted by Gasteiger charge is 2.17. The van der Waals surface area contributed by atoms with E-state index in [1.54, 1.807) is 17.8 Å². The first-order valence-electron chi connectivity index (χ1n) is 4.78. The number of esters is 1. The fourth-order valence-electron chi connectivity index (χ4n) is 1.66. The molecule has 84 valence electrons. The Hall–Kier alpha value is -2.04. The molecule has 16 heavy (non-hydrogen) atoms. The van der Waals surface area contributed by atoms with Gasteiger partial charge in [-0.2, -0.15) is 5.10 Å². The second-order valence-electron chi connectivity index (χ2n) is 3.38. The van der Waals surface area contributed by atoms with Gasteiger partial charge in [0.15, 0.2) is 0 Å². The van der Waals surface area contributed by atoms with Crippen molar-refractivity contribution in [1.29, 1.82) is 0 Å². The van der Waals surface area contributed by atoms with Gasteiger partial charge in [-0.1, -0.05) is 0 Å². The smallest absolute Gasteiger partial charge is 0.341 e. The van der Waals surface area contributed by atoms with Crippen molar-refractivity contribution < 1.29 is 14.3 Å². The van der Waals surface area contributed by atoms with Gasteiger partial charge in [-0.3, -0.25) is 0 Å². The van der Waals surface area contributed by atoms with E-state index in [2.05, 4.69) is 5.10 Å². The van der Waals surface area contributed by atoms with Gasteiger partial charge in [-0.05, 0) is 18.6 Å². The van der Waals surface area contributed by atoms with E-state index in [0.29, 0.717) is 16.8 Å². The first kappa shape index (κ1) is 10.5. The highest BCUT2D eigenvalue weighted by atomic mass is 16.5. The molecule has 0 spiro atoms. The molecule has 0 aliphatic heterocycles. The van der Waals surface area contributed by atoms with Gasteiger partial charge in [0.2, 0.25) is 0 Å². The normalized spacial score (nSPS) is 10.4. The van der Waals surface area contributed by atoms with E-state index in [1.165, 1.54) is 13.3 Å². The van der Waals surface area contributed by atoms with Crippen LogP contribution < -0.4 is 4.74 Å². The van der Waals surface area contributed by atoms with Gasteiger partial charge in [0, 0.05) is 6.20 Å². The van der Waals surface area contributed by atoms with Gasteiger partial charge in [-0.25, -0.2) is 9.31 Å². The maximum absolute atomic E-state index is 11.5. The lowest BCUT2D eigenvalue weighted by Gasteiger charge is -2.07. The highest BCUT2D eigenvalue weighted by molar-refractivity contribution is 5.98. The zero-order valence-electron chi connectivity index (χ0n) is 9.35. The number of hydrogen-bond acceptors (Lipinski definition) is 4. The number of carbonyl (C=O) groups excluding carboxylic acids is 1. The monoisotopic (exact) mass is 220 g/mol. The molecule has 0 aromatic carbocycles. The number of fused-ring (bicyclic) bond motifs is 1. The Morgan fingerprint density at radius 1 is 1.44 bits per heavy atom. The largest absolute Gasteiger partial charge is 0.494 e. The average Bonchev–Trinajstić information content (AvgIpc) is 2.72. The minimum absolute atomic E-state index is 0.406. The van der Waals surface area contributed by atoms with Crippen LogP contribution in [0.3, 0.4) is 0 Å². The maximum Gasteiger partial charge on any atom is 0.341 e. The number of ether oxygens (including phenoxy) is 2. The van der Waals surface area contributed by atoms with Crippen molar-refractivity contribution in [3.63, 3.8) is 0 Å². The van der Waals surface area contributed by atoms with Crippen LogP contribution >= 0.6 is 0 Å². The number of hydrogen-bond donors (Lipinski definition) is 0. The summed E-state index contributed by atoms with van der Waals surface area (Å²) in [6.45, 7) is 1.91. The zero-order valence-corrected chi connectivity index (χ0v) is 9.35. The molecule has 2 aromatic rings. The molecule has 2 rings (SSSR count). The summed E-state index contributed by atoms with van der Waals surface area (Å²) in [5, 5.41) is 4.07. The molecule has 5 heteroatoms. The molecule has 2 heterocycles. The van der Waals surface area contributed by atoms with Crippen molar-refractivity contribution in [2.75, 3.05) is 14.2 Å². The molecule has 0 saturated carbocycles. The summed E-state index contributed by atoms with van der Waals surface area (Å²) in [5.41, 5.74) is 1.98. The van der Waals surface area contributed by atoms with E-state index in [0.717, 1.165) is 5.56 Å². The number of carbonyl (C=O) groups is 1. The number of rotatable bonds is 2. The quantitative estimate of drug-likeness (QED) is 0.718. The second kappa shape index (κ2) is 3.84. The van der Waals surface area contributed by atoms with Crippen LogP contribution in [0.25, 0.3) is 5.52 Å². The minimum Gasteiger partial charge on any atom is -0.494 e. The lowest BCUT2D eigenvalue weighted by molar-refractivity contribution is 0.0602. The maximum atomic E-state index is 11.5. The van der Waals surface area contributed by atoms with Crippen LogP contribution in [0.2, 0.25) is 0 Å². The lowest BCUT2D eigenvalue weighted by Crippen LogP contribution is -2.02. The molecule has 0 saturated heterocycles. The fraction of sp³-hybridized carbons (Fsp3) is 0.273. The summed E-state index contributed by atoms with van der Waals surface area (Å²) in [7, 11) is 2.91. The van der Waals surface area contributed by atoms with Crippen LogP contribution in [0.1, 0.15) is 15.9 Å². The molecule has 0 radical (unpaired) electrons. The average molecular weight is 220 g/mol. The SMILES string of the molecule is COC(=O)c1cnn2ccc(C)c(OC)c12. The topological polar surface area (TPSA) is 52.8 Å². The summed E-state index contributed by atoms with van der Waals surface area (Å²) in [4.78, 5) is 11.5. The molecule has 0 aliphatic rings. The van der Waals surface area contributed by atoms with Crippen LogP contribution in [0.5, 0.6) is 5.75 Å². The molecule has 0 bridgehead atoms. The van der Waals surface area contributed by atoms with Crippen LogP contribution in [-0.2, 0) is 4.74 Å². The van der Waals surface area contributed by atoms with Gasteiger partial charge in [0.05, 0.1) is 20.4 Å². The van der Waals surface area contributed by atoms with Crippen LogP contribution in [-0.4, -0.2) is 29.8 Å². The Bertz CT molecular complexity index is 545. The van der Waals surface area contributed by atoms with Crippen molar-refractivity contribution in [2.45, 2.75) is 6.92 Å². The van der Waals surface area contributed by atoms with E-state index in [9.17, 15) is 4.79 Å². The minimum atomic E-state index is -0.418. The molecule has 0 atom stereocenters. The Balaban J connectivity index is 2.77. The molecule has 0 fully saturated rings. The molecule has 5 nitrogen and oxygen atoms in total. The first-order valence-corrected chi connectivity index (χ1v) is 4.78. The van der Waals surface area contributed by atoms with Crippen LogP contribution in [0.4, 0.5) is 0 Å². The van der Waals surface area contributed by atoms with Crippen molar-refractivity contribution in [3.05, 3.63) is 29.6 Å². The Kier molecular flexibility index (Phi) is 2.52. The number of methoxy groups -OCH3 is 2. The summed E-state index contributed by atoms with van der Waals surface area (Å²) < 4.78 is 11.6. The number of pyridine rings is 1. The highest BCUT2D eigenvalue weighted by Crippen LogP contribution is 2.27. The summed E-state index contributed by atoms with van der Waals surface area (Å²) in [6.07, 6.45) is 3.25. The number of aryl methyl sites for hydroxylation is 1. The van der Waals surface area contributed by atoms with E-state index >= 15 is 0 Å². The molecule has 0 unspecified atom stereocenters. The standard InChI is InChI=1S/C11H12N2O3/c1-7-4-5-13-9(10(7)15-2)8(6-12-13)11(14)16-3/h4-6H,1-3H3. The summed E-state index contributed by atoms with van der Waals surface area (Å²) >= 11 is 0. The van der Waals surface area contributed by atoms with E-state index < -0.39 is 5.97 Å². The van der Waals surface area contributed by atoms with Crippen molar-refractivity contribution in [2.24, 2.45) is 0 Å². The van der Waals surface area contributed by atoms with Crippen molar-refractivity contribution in [1.82, 2.24) is 9.61 Å². The Labute approximate surface area is 92.6 Å². The third-order valence-corrected chi connectivity index (χ3v) is 2.44. The molecule has 2 aromatic heterocycles. The van der Waals surface area contributed by atoms with E-state index in [1.807, 2.05) is 13.0 Å². The van der Waals surface area contributed by atoms with E-state index in [-0.39, 0.29) is 0 Å². The fourth-order valence-corrected chi connectivity index (χ4v) is 1.66. The molecule has 0 aliphatic carbocycles. The number of nitrogens with zero attached hydrogens (tertiary/aromatic N) is 2. The van der Waals surface area contributed by atoms with Gasteiger partial charge in [0.1, 0.15) is 16.8 Å². The first-order chi connectivity index (χ1) is 7.69. The molecule has 0 N–H and O–H groups in total. The molecular weight excluding hydrogens is 208 g/mol. The van der Waals surface area contributed by atoms with Crippen LogP contribution in [0.15, 0.2) is 18.5 Å². The lowest BCUT2D eigenvalue weighted by atomic mass is 10.2. The van der Waals surface area contributed by atoms with Gasteiger partial charge < -0.3 is 9.47 Å². The third kappa shape index (κ3) is 1.41. The van der Waals surface area contributed by atoms with Gasteiger partial charge in [0.25, 0.3) is 0 Å². The summed E-state index contributed by atoms with van der Waals surface area (Å²) in [5.74, 6) is 0.222. The second-order valence-corrected chi connectivity index (χ2v) is 3.38. The Morgan fingerprint density at radius 3 is 2.81 bits per heavy atom. The van der Waals surface area contributed by atoms with Crippen molar-refractivity contribution in [3.8, 4) is 5.75 Å². The Morgan fingerprint density at radius 2 is 2.19 bits per heavy atom. The predicted molar refractivity (Wildman–Crippen MR) is 57.8 cm³/mol. The van der Waals surface area contributed by atoms with Gasteiger partial charge >= 0.3 is 5.97 Å². The number of aromatic nitrogens is 2. The van der Waals surface area contributed by atoms with Crippen LogP contribution in [0, 0.1) is 6.92 Å². The third-order valence-electron chi connectivity index (χ3n) is 2.44. The van der Waals surface area contributed by atoms with Crippen molar-refractivity contribution >= 4 is 11.5 Å². The molecular formula is C11H12N2O3. The molecule has 0 amide bonds. The van der Waals surface area contributed by atoms with Gasteiger partial charge in [-0.15, -0.1) is 0 Å². The van der Waals surface area contributed by atoms with E-state index in [4.69, 9.17) is 9.47 Å². The predicted octanol–water partition coefficient (Wildman–Crippen LogP) is 1.44.